The molecular formula is C9H9N3S. The molecule has 66 valence electrons. The van der Waals surface area contributed by atoms with Gasteiger partial charge >= 0.3 is 0 Å². The largest absolute Gasteiger partial charge is 0.251 e. The van der Waals surface area contributed by atoms with Crippen molar-refractivity contribution in [1.82, 2.24) is 15.0 Å². The molecule has 2 aromatic heterocycles. The Labute approximate surface area is 80.6 Å². The minimum Gasteiger partial charge on any atom is -0.251 e. The molecule has 0 spiro atoms. The molecule has 0 saturated heterocycles. The van der Waals surface area contributed by atoms with Crippen molar-refractivity contribution in [3.05, 3.63) is 24.7 Å². The maximum Gasteiger partial charge on any atom is 0.178 e. The first-order valence-corrected chi connectivity index (χ1v) is 5.08. The topological polar surface area (TPSA) is 38.7 Å². The fraction of sp³-hybridized carbons (Fsp3) is 0.222. The summed E-state index contributed by atoms with van der Waals surface area (Å²) in [6.45, 7) is 2.12. The molecule has 0 aliphatic rings. The van der Waals surface area contributed by atoms with Crippen LogP contribution < -0.4 is 0 Å². The Bertz CT molecular complexity index is 416. The van der Waals surface area contributed by atoms with Gasteiger partial charge in [0.05, 0.1) is 0 Å². The molecule has 0 N–H and O–H groups in total. The number of fused-ring (bicyclic) bond motifs is 1. The van der Waals surface area contributed by atoms with E-state index in [0.29, 0.717) is 5.65 Å². The second kappa shape index (κ2) is 3.70. The molecule has 0 saturated carbocycles. The van der Waals surface area contributed by atoms with E-state index in [-0.39, 0.29) is 0 Å². The van der Waals surface area contributed by atoms with Gasteiger partial charge in [0, 0.05) is 23.5 Å². The van der Waals surface area contributed by atoms with Gasteiger partial charge < -0.3 is 0 Å². The van der Waals surface area contributed by atoms with Gasteiger partial charge in [0.15, 0.2) is 5.65 Å². The highest BCUT2D eigenvalue weighted by atomic mass is 32.2. The van der Waals surface area contributed by atoms with Gasteiger partial charge in [-0.25, -0.2) is 9.97 Å². The highest BCUT2D eigenvalue weighted by Gasteiger charge is 1.98. The molecule has 0 atom stereocenters. The molecule has 3 nitrogen and oxygen atoms in total. The minimum absolute atomic E-state index is 0.711. The standard InChI is InChI=1S/C9H9N3S/c1-2-13-7-5-8-9(12-6-7)11-4-3-10-8/h3-6H,2H2,1H3. The molecular weight excluding hydrogens is 182 g/mol. The summed E-state index contributed by atoms with van der Waals surface area (Å²) in [6, 6.07) is 2.02. The predicted octanol–water partition coefficient (Wildman–Crippen LogP) is 2.14. The first-order chi connectivity index (χ1) is 6.40. The van der Waals surface area contributed by atoms with Crippen LogP contribution in [0.2, 0.25) is 0 Å². The van der Waals surface area contributed by atoms with E-state index in [1.54, 1.807) is 24.2 Å². The molecule has 0 aliphatic carbocycles. The molecule has 2 rings (SSSR count). The molecule has 4 heteroatoms. The van der Waals surface area contributed by atoms with E-state index in [1.165, 1.54) is 0 Å². The summed E-state index contributed by atoms with van der Waals surface area (Å²) in [5.74, 6) is 1.05. The normalized spacial score (nSPS) is 10.5. The number of rotatable bonds is 2. The highest BCUT2D eigenvalue weighted by Crippen LogP contribution is 2.18. The SMILES string of the molecule is CCSc1cnc2nccnc2c1. The Kier molecular flexibility index (Phi) is 2.40. The molecule has 0 radical (unpaired) electrons. The fourth-order valence-corrected chi connectivity index (χ4v) is 1.74. The number of hydrogen-bond acceptors (Lipinski definition) is 4. The van der Waals surface area contributed by atoms with Gasteiger partial charge in [-0.2, -0.15) is 0 Å². The fourth-order valence-electron chi connectivity index (χ4n) is 1.09. The van der Waals surface area contributed by atoms with Crippen LogP contribution in [-0.4, -0.2) is 20.7 Å². The van der Waals surface area contributed by atoms with Crippen LogP contribution >= 0.6 is 11.8 Å². The van der Waals surface area contributed by atoms with Crippen molar-refractivity contribution in [2.75, 3.05) is 5.75 Å². The van der Waals surface area contributed by atoms with Gasteiger partial charge in [-0.3, -0.25) is 4.98 Å². The number of aromatic nitrogens is 3. The first kappa shape index (κ1) is 8.44. The molecule has 0 fully saturated rings. The Morgan fingerprint density at radius 1 is 1.23 bits per heavy atom. The molecule has 0 aliphatic heterocycles. The second-order valence-electron chi connectivity index (χ2n) is 2.50. The van der Waals surface area contributed by atoms with Crippen molar-refractivity contribution < 1.29 is 0 Å². The summed E-state index contributed by atoms with van der Waals surface area (Å²) >= 11 is 1.76. The average molecular weight is 191 g/mol. The quantitative estimate of drug-likeness (QED) is 0.682. The first-order valence-electron chi connectivity index (χ1n) is 4.09. The van der Waals surface area contributed by atoms with E-state index in [0.717, 1.165) is 16.2 Å². The van der Waals surface area contributed by atoms with Crippen molar-refractivity contribution in [2.24, 2.45) is 0 Å². The van der Waals surface area contributed by atoms with Crippen molar-refractivity contribution in [3.8, 4) is 0 Å². The van der Waals surface area contributed by atoms with Crippen LogP contribution in [0.25, 0.3) is 11.2 Å². The zero-order chi connectivity index (χ0) is 9.10. The van der Waals surface area contributed by atoms with E-state index in [4.69, 9.17) is 0 Å². The number of thioether (sulfide) groups is 1. The van der Waals surface area contributed by atoms with Gasteiger partial charge in [0.2, 0.25) is 0 Å². The van der Waals surface area contributed by atoms with E-state index in [2.05, 4.69) is 21.9 Å². The van der Waals surface area contributed by atoms with Gasteiger partial charge in [-0.1, -0.05) is 6.92 Å². The molecule has 2 aromatic rings. The number of pyridine rings is 1. The molecule has 2 heterocycles. The summed E-state index contributed by atoms with van der Waals surface area (Å²) in [6.07, 6.45) is 5.18. The molecule has 0 amide bonds. The van der Waals surface area contributed by atoms with E-state index in [1.807, 2.05) is 12.3 Å². The van der Waals surface area contributed by atoms with Crippen LogP contribution in [0.4, 0.5) is 0 Å². The Morgan fingerprint density at radius 2 is 2.08 bits per heavy atom. The summed E-state index contributed by atoms with van der Waals surface area (Å²) in [4.78, 5) is 13.6. The van der Waals surface area contributed by atoms with E-state index >= 15 is 0 Å². The average Bonchev–Trinajstić information content (AvgIpc) is 2.18. The lowest BCUT2D eigenvalue weighted by Gasteiger charge is -1.98. The van der Waals surface area contributed by atoms with E-state index < -0.39 is 0 Å². The summed E-state index contributed by atoms with van der Waals surface area (Å²) < 4.78 is 0. The van der Waals surface area contributed by atoms with Crippen molar-refractivity contribution in [1.29, 1.82) is 0 Å². The second-order valence-corrected chi connectivity index (χ2v) is 3.84. The Balaban J connectivity index is 2.49. The lowest BCUT2D eigenvalue weighted by Crippen LogP contribution is -1.86. The third kappa shape index (κ3) is 1.78. The third-order valence-electron chi connectivity index (χ3n) is 1.61. The lowest BCUT2D eigenvalue weighted by atomic mass is 10.4. The van der Waals surface area contributed by atoms with E-state index in [9.17, 15) is 0 Å². The number of nitrogens with zero attached hydrogens (tertiary/aromatic N) is 3. The predicted molar refractivity (Wildman–Crippen MR) is 53.7 cm³/mol. The number of hydrogen-bond donors (Lipinski definition) is 0. The van der Waals surface area contributed by atoms with Crippen LogP contribution in [0.5, 0.6) is 0 Å². The lowest BCUT2D eigenvalue weighted by molar-refractivity contribution is 1.19. The summed E-state index contributed by atoms with van der Waals surface area (Å²) in [7, 11) is 0. The smallest absolute Gasteiger partial charge is 0.178 e. The minimum atomic E-state index is 0.711. The van der Waals surface area contributed by atoms with Crippen LogP contribution in [-0.2, 0) is 0 Å². The van der Waals surface area contributed by atoms with Gasteiger partial charge in [-0.05, 0) is 11.8 Å². The van der Waals surface area contributed by atoms with Crippen LogP contribution in [0.1, 0.15) is 6.92 Å². The van der Waals surface area contributed by atoms with Crippen molar-refractivity contribution in [3.63, 3.8) is 0 Å². The monoisotopic (exact) mass is 191 g/mol. The maximum atomic E-state index is 4.21. The summed E-state index contributed by atoms with van der Waals surface area (Å²) in [5, 5.41) is 0. The van der Waals surface area contributed by atoms with Crippen LogP contribution in [0.15, 0.2) is 29.6 Å². The third-order valence-corrected chi connectivity index (χ3v) is 2.46. The van der Waals surface area contributed by atoms with Gasteiger partial charge in [0.25, 0.3) is 0 Å². The zero-order valence-electron chi connectivity index (χ0n) is 7.27. The van der Waals surface area contributed by atoms with Gasteiger partial charge in [0.1, 0.15) is 5.52 Å². The van der Waals surface area contributed by atoms with Crippen LogP contribution in [0.3, 0.4) is 0 Å². The highest BCUT2D eigenvalue weighted by molar-refractivity contribution is 7.99. The van der Waals surface area contributed by atoms with Crippen molar-refractivity contribution in [2.45, 2.75) is 11.8 Å². The maximum absolute atomic E-state index is 4.21. The molecule has 0 unspecified atom stereocenters. The Morgan fingerprint density at radius 3 is 2.92 bits per heavy atom. The zero-order valence-corrected chi connectivity index (χ0v) is 8.08. The Hall–Kier alpha value is -1.16. The molecule has 0 aromatic carbocycles. The van der Waals surface area contributed by atoms with Crippen molar-refractivity contribution >= 4 is 22.9 Å². The van der Waals surface area contributed by atoms with Crippen LogP contribution in [0, 0.1) is 0 Å². The summed E-state index contributed by atoms with van der Waals surface area (Å²) in [5.41, 5.74) is 1.57. The van der Waals surface area contributed by atoms with Gasteiger partial charge in [-0.15, -0.1) is 11.8 Å². The molecule has 13 heavy (non-hydrogen) atoms. The molecule has 0 bridgehead atoms.